The van der Waals surface area contributed by atoms with Gasteiger partial charge in [-0.3, -0.25) is 5.10 Å². The highest BCUT2D eigenvalue weighted by Crippen LogP contribution is 2.45. The normalized spacial score (nSPS) is 15.8. The van der Waals surface area contributed by atoms with Crippen molar-refractivity contribution in [1.82, 2.24) is 10.2 Å². The molecule has 0 saturated heterocycles. The average molecular weight is 432 g/mol. The highest BCUT2D eigenvalue weighted by molar-refractivity contribution is 5.95. The maximum Gasteiger partial charge on any atom is 0.335 e. The number of hydrogen-bond acceptors (Lipinski definition) is 5. The summed E-state index contributed by atoms with van der Waals surface area (Å²) in [5.74, 6) is -1.26. The fraction of sp³-hybridized carbons (Fsp3) is 0.167. The fourth-order valence-electron chi connectivity index (χ4n) is 4.26. The number of methoxy groups -OCH3 is 1. The fourth-order valence-corrected chi connectivity index (χ4v) is 4.26. The van der Waals surface area contributed by atoms with E-state index in [1.165, 1.54) is 12.1 Å². The highest BCUT2D eigenvalue weighted by Gasteiger charge is 2.33. The summed E-state index contributed by atoms with van der Waals surface area (Å²) in [5, 5.41) is 17.4. The van der Waals surface area contributed by atoms with Crippen molar-refractivity contribution in [1.29, 1.82) is 0 Å². The molecule has 8 heteroatoms. The quantitative estimate of drug-likeness (QED) is 0.476. The maximum absolute atomic E-state index is 13.6. The van der Waals surface area contributed by atoms with E-state index in [2.05, 4.69) is 26.1 Å². The standard InChI is InChI=1S/C24H21FN4O3/c1-32-14-20-13-28(18-6-2-15(3-7-18)24(30)31)22-11-21-16(12-26-27-21)10-23(22)29(20)19-8-4-17(25)5-9-19/h2-12,20H,13-14H2,1H3,(H,26,27)(H,30,31)/t20-/m0/s1. The van der Waals surface area contributed by atoms with Gasteiger partial charge in [0.15, 0.2) is 0 Å². The number of rotatable bonds is 5. The Balaban J connectivity index is 1.68. The maximum atomic E-state index is 13.6. The molecule has 0 fully saturated rings. The molecule has 2 heterocycles. The molecule has 1 aromatic heterocycles. The first-order valence-corrected chi connectivity index (χ1v) is 10.2. The van der Waals surface area contributed by atoms with Gasteiger partial charge < -0.3 is 19.6 Å². The van der Waals surface area contributed by atoms with Gasteiger partial charge in [0.1, 0.15) is 5.82 Å². The van der Waals surface area contributed by atoms with Crippen molar-refractivity contribution in [2.75, 3.05) is 30.1 Å². The van der Waals surface area contributed by atoms with Gasteiger partial charge in [-0.2, -0.15) is 5.10 Å². The molecule has 0 radical (unpaired) electrons. The number of H-pyrrole nitrogens is 1. The van der Waals surface area contributed by atoms with E-state index in [4.69, 9.17) is 4.74 Å². The summed E-state index contributed by atoms with van der Waals surface area (Å²) in [5.41, 5.74) is 4.72. The van der Waals surface area contributed by atoms with Gasteiger partial charge in [-0.05, 0) is 60.7 Å². The zero-order valence-corrected chi connectivity index (χ0v) is 17.3. The predicted molar refractivity (Wildman–Crippen MR) is 121 cm³/mol. The predicted octanol–water partition coefficient (Wildman–Crippen LogP) is 4.71. The van der Waals surface area contributed by atoms with Crippen LogP contribution in [0.25, 0.3) is 10.9 Å². The molecule has 1 atom stereocenters. The van der Waals surface area contributed by atoms with Gasteiger partial charge in [0.25, 0.3) is 0 Å². The van der Waals surface area contributed by atoms with Crippen LogP contribution in [-0.2, 0) is 4.74 Å². The number of ether oxygens (including phenoxy) is 1. The average Bonchev–Trinajstić information content (AvgIpc) is 3.26. The minimum Gasteiger partial charge on any atom is -0.478 e. The van der Waals surface area contributed by atoms with E-state index in [0.29, 0.717) is 13.2 Å². The van der Waals surface area contributed by atoms with Crippen LogP contribution in [0.4, 0.5) is 27.1 Å². The zero-order valence-electron chi connectivity index (χ0n) is 17.3. The number of benzene rings is 3. The number of carboxylic acid groups (broad SMARTS) is 1. The Labute approximate surface area is 183 Å². The molecule has 1 aliphatic heterocycles. The summed E-state index contributed by atoms with van der Waals surface area (Å²) >= 11 is 0. The molecule has 0 bridgehead atoms. The molecule has 1 aliphatic rings. The van der Waals surface area contributed by atoms with Crippen LogP contribution in [0.2, 0.25) is 0 Å². The van der Waals surface area contributed by atoms with Gasteiger partial charge in [0.2, 0.25) is 0 Å². The van der Waals surface area contributed by atoms with Crippen LogP contribution in [0, 0.1) is 5.82 Å². The van der Waals surface area contributed by atoms with Crippen LogP contribution in [0.1, 0.15) is 10.4 Å². The van der Waals surface area contributed by atoms with Gasteiger partial charge in [0.05, 0.1) is 41.3 Å². The summed E-state index contributed by atoms with van der Waals surface area (Å²) < 4.78 is 19.2. The van der Waals surface area contributed by atoms with E-state index in [1.807, 2.05) is 18.2 Å². The first-order chi connectivity index (χ1) is 15.5. The van der Waals surface area contributed by atoms with E-state index in [0.717, 1.165) is 33.7 Å². The van der Waals surface area contributed by atoms with Gasteiger partial charge in [-0.15, -0.1) is 0 Å². The minimum absolute atomic E-state index is 0.0681. The third-order valence-corrected chi connectivity index (χ3v) is 5.73. The van der Waals surface area contributed by atoms with Crippen LogP contribution in [-0.4, -0.2) is 47.6 Å². The number of hydrogen-bond donors (Lipinski definition) is 2. The third kappa shape index (κ3) is 3.44. The number of halogens is 1. The molecule has 3 aromatic carbocycles. The lowest BCUT2D eigenvalue weighted by Gasteiger charge is -2.44. The Hall–Kier alpha value is -3.91. The molecule has 5 rings (SSSR count). The molecule has 0 aliphatic carbocycles. The number of anilines is 4. The molecule has 0 unspecified atom stereocenters. The SMILES string of the molecule is COC[C@@H]1CN(c2ccc(C(=O)O)cc2)c2cc3[nH]ncc3cc2N1c1ccc(F)cc1. The Bertz CT molecular complexity index is 1270. The molecule has 0 amide bonds. The number of carbonyl (C=O) groups is 1. The van der Waals surface area contributed by atoms with Crippen LogP contribution >= 0.6 is 0 Å². The third-order valence-electron chi connectivity index (χ3n) is 5.73. The first kappa shape index (κ1) is 20.0. The van der Waals surface area contributed by atoms with Crippen molar-refractivity contribution < 1.29 is 19.0 Å². The number of aromatic nitrogens is 2. The van der Waals surface area contributed by atoms with E-state index < -0.39 is 5.97 Å². The zero-order chi connectivity index (χ0) is 22.2. The van der Waals surface area contributed by atoms with Gasteiger partial charge >= 0.3 is 5.97 Å². The van der Waals surface area contributed by atoms with Crippen LogP contribution in [0.15, 0.2) is 66.9 Å². The highest BCUT2D eigenvalue weighted by atomic mass is 19.1. The Morgan fingerprint density at radius 1 is 1.12 bits per heavy atom. The molecule has 4 aromatic rings. The Morgan fingerprint density at radius 3 is 2.53 bits per heavy atom. The largest absolute Gasteiger partial charge is 0.478 e. The van der Waals surface area contributed by atoms with E-state index in [9.17, 15) is 14.3 Å². The molecule has 0 saturated carbocycles. The number of carboxylic acids is 1. The lowest BCUT2D eigenvalue weighted by atomic mass is 10.0. The van der Waals surface area contributed by atoms with Crippen molar-refractivity contribution in [2.24, 2.45) is 0 Å². The van der Waals surface area contributed by atoms with Crippen molar-refractivity contribution in [2.45, 2.75) is 6.04 Å². The van der Waals surface area contributed by atoms with E-state index in [-0.39, 0.29) is 17.4 Å². The Kier molecular flexibility index (Phi) is 4.99. The number of aromatic carboxylic acids is 1. The van der Waals surface area contributed by atoms with Gasteiger partial charge in [0, 0.05) is 30.4 Å². The van der Waals surface area contributed by atoms with Crippen molar-refractivity contribution in [3.05, 3.63) is 78.2 Å². The monoisotopic (exact) mass is 432 g/mol. The summed E-state index contributed by atoms with van der Waals surface area (Å²) in [4.78, 5) is 15.6. The molecular formula is C24H21FN4O3. The molecular weight excluding hydrogens is 411 g/mol. The Morgan fingerprint density at radius 2 is 1.84 bits per heavy atom. The number of nitrogens with one attached hydrogen (secondary N) is 1. The van der Waals surface area contributed by atoms with Crippen molar-refractivity contribution >= 4 is 39.6 Å². The van der Waals surface area contributed by atoms with E-state index in [1.54, 1.807) is 37.6 Å². The van der Waals surface area contributed by atoms with Gasteiger partial charge in [-0.1, -0.05) is 0 Å². The lowest BCUT2D eigenvalue weighted by Crippen LogP contribution is -2.47. The van der Waals surface area contributed by atoms with Crippen LogP contribution in [0.3, 0.4) is 0 Å². The molecule has 2 N–H and O–H groups in total. The first-order valence-electron chi connectivity index (χ1n) is 10.2. The minimum atomic E-state index is -0.963. The molecule has 32 heavy (non-hydrogen) atoms. The molecule has 0 spiro atoms. The second-order valence-electron chi connectivity index (χ2n) is 7.72. The number of fused-ring (bicyclic) bond motifs is 2. The van der Waals surface area contributed by atoms with Crippen molar-refractivity contribution in [3.8, 4) is 0 Å². The second kappa shape index (κ2) is 7.97. The van der Waals surface area contributed by atoms with E-state index >= 15 is 0 Å². The summed E-state index contributed by atoms with van der Waals surface area (Å²) in [6, 6.07) is 17.3. The summed E-state index contributed by atoms with van der Waals surface area (Å²) in [6.45, 7) is 1.04. The van der Waals surface area contributed by atoms with Crippen LogP contribution in [0.5, 0.6) is 0 Å². The summed E-state index contributed by atoms with van der Waals surface area (Å²) in [6.07, 6.45) is 1.77. The van der Waals surface area contributed by atoms with Gasteiger partial charge in [-0.25, -0.2) is 9.18 Å². The topological polar surface area (TPSA) is 81.7 Å². The lowest BCUT2D eigenvalue weighted by molar-refractivity contribution is 0.0697. The molecule has 162 valence electrons. The van der Waals surface area contributed by atoms with Crippen molar-refractivity contribution in [3.63, 3.8) is 0 Å². The second-order valence-corrected chi connectivity index (χ2v) is 7.72. The molecule has 7 nitrogen and oxygen atoms in total. The smallest absolute Gasteiger partial charge is 0.335 e. The summed E-state index contributed by atoms with van der Waals surface area (Å²) in [7, 11) is 1.66. The number of nitrogens with zero attached hydrogens (tertiary/aromatic N) is 3. The van der Waals surface area contributed by atoms with Crippen LogP contribution < -0.4 is 9.80 Å². The number of aromatic amines is 1.